The number of benzene rings is 1. The number of aromatic nitrogens is 1. The van der Waals surface area contributed by atoms with Crippen LogP contribution >= 0.6 is 0 Å². The minimum Gasteiger partial charge on any atom is -0.339 e. The molecule has 0 saturated heterocycles. The molecule has 0 fully saturated rings. The molecule has 1 heterocycles. The lowest BCUT2D eigenvalue weighted by molar-refractivity contribution is 1.06. The Morgan fingerprint density at radius 1 is 1.15 bits per heavy atom. The van der Waals surface area contributed by atoms with Gasteiger partial charge in [-0.1, -0.05) is 32.0 Å². The van der Waals surface area contributed by atoms with E-state index in [1.807, 2.05) is 38.2 Å². The molecule has 0 amide bonds. The minimum atomic E-state index is 1.09. The van der Waals surface area contributed by atoms with E-state index in [2.05, 4.69) is 13.0 Å². The third-order valence-corrected chi connectivity index (χ3v) is 1.94. The number of hydrogen-bond donors (Lipinski definition) is 1. The third kappa shape index (κ3) is 1.66. The van der Waals surface area contributed by atoms with Crippen LogP contribution in [0.1, 0.15) is 19.4 Å². The van der Waals surface area contributed by atoms with Gasteiger partial charge < -0.3 is 5.84 Å². The molecule has 2 heteroatoms. The lowest BCUT2D eigenvalue weighted by Gasteiger charge is -1.92. The molecule has 2 rings (SSSR count). The SMILES string of the molecule is CC.Cc1cn(N)c2ccccc12. The van der Waals surface area contributed by atoms with Gasteiger partial charge in [0.1, 0.15) is 0 Å². The number of nitrogen functional groups attached to an aromatic ring is 1. The van der Waals surface area contributed by atoms with Crippen molar-refractivity contribution >= 4 is 10.9 Å². The van der Waals surface area contributed by atoms with Crippen molar-refractivity contribution in [1.82, 2.24) is 4.68 Å². The molecule has 0 radical (unpaired) electrons. The topological polar surface area (TPSA) is 30.9 Å². The fourth-order valence-corrected chi connectivity index (χ4v) is 1.38. The number of hydrogen-bond acceptors (Lipinski definition) is 1. The van der Waals surface area contributed by atoms with Crippen LogP contribution in [0, 0.1) is 6.92 Å². The van der Waals surface area contributed by atoms with Gasteiger partial charge in [-0.15, -0.1) is 0 Å². The summed E-state index contributed by atoms with van der Waals surface area (Å²) < 4.78 is 1.66. The maximum absolute atomic E-state index is 5.69. The smallest absolute Gasteiger partial charge is 0.0692 e. The predicted molar refractivity (Wildman–Crippen MR) is 58.2 cm³/mol. The van der Waals surface area contributed by atoms with E-state index in [4.69, 9.17) is 5.84 Å². The lowest BCUT2D eigenvalue weighted by atomic mass is 10.2. The molecule has 0 saturated carbocycles. The number of nitrogens with zero attached hydrogens (tertiary/aromatic N) is 1. The van der Waals surface area contributed by atoms with Crippen molar-refractivity contribution in [1.29, 1.82) is 0 Å². The van der Waals surface area contributed by atoms with E-state index >= 15 is 0 Å². The summed E-state index contributed by atoms with van der Waals surface area (Å²) in [5.41, 5.74) is 2.31. The number of fused-ring (bicyclic) bond motifs is 1. The van der Waals surface area contributed by atoms with Gasteiger partial charge in [0.05, 0.1) is 5.52 Å². The van der Waals surface area contributed by atoms with E-state index in [-0.39, 0.29) is 0 Å². The Kier molecular flexibility index (Phi) is 2.96. The Bertz CT molecular complexity index is 352. The molecule has 0 bridgehead atoms. The summed E-state index contributed by atoms with van der Waals surface area (Å²) in [6, 6.07) is 8.11. The van der Waals surface area contributed by atoms with Gasteiger partial charge in [-0.3, -0.25) is 4.68 Å². The molecule has 0 unspecified atom stereocenters. The highest BCUT2D eigenvalue weighted by Gasteiger charge is 1.99. The molecule has 1 aromatic carbocycles. The monoisotopic (exact) mass is 176 g/mol. The molecular formula is C11H16N2. The van der Waals surface area contributed by atoms with Gasteiger partial charge in [-0.25, -0.2) is 0 Å². The molecule has 2 nitrogen and oxygen atoms in total. The van der Waals surface area contributed by atoms with Crippen LogP contribution in [-0.4, -0.2) is 4.68 Å². The number of aryl methyl sites for hydroxylation is 1. The second-order valence-corrected chi connectivity index (χ2v) is 2.74. The number of nitrogens with two attached hydrogens (primary N) is 1. The van der Waals surface area contributed by atoms with Gasteiger partial charge in [-0.05, 0) is 18.6 Å². The molecule has 0 atom stereocenters. The Morgan fingerprint density at radius 3 is 2.38 bits per heavy atom. The first-order valence-corrected chi connectivity index (χ1v) is 4.61. The van der Waals surface area contributed by atoms with Gasteiger partial charge >= 0.3 is 0 Å². The van der Waals surface area contributed by atoms with Gasteiger partial charge in [0.25, 0.3) is 0 Å². The molecule has 0 aliphatic rings. The first-order chi connectivity index (χ1) is 6.29. The Hall–Kier alpha value is -1.44. The molecule has 1 aromatic heterocycles. The van der Waals surface area contributed by atoms with Gasteiger partial charge in [-0.2, -0.15) is 0 Å². The standard InChI is InChI=1S/C9H10N2.C2H6/c1-7-6-11(10)9-5-3-2-4-8(7)9;1-2/h2-6H,10H2,1H3;1-2H3. The van der Waals surface area contributed by atoms with Crippen molar-refractivity contribution in [2.45, 2.75) is 20.8 Å². The van der Waals surface area contributed by atoms with Crippen LogP contribution in [0.2, 0.25) is 0 Å². The van der Waals surface area contributed by atoms with E-state index in [0.717, 1.165) is 5.52 Å². The zero-order valence-electron chi connectivity index (χ0n) is 8.41. The number of rotatable bonds is 0. The summed E-state index contributed by atoms with van der Waals surface area (Å²) in [7, 11) is 0. The fourth-order valence-electron chi connectivity index (χ4n) is 1.38. The van der Waals surface area contributed by atoms with Crippen molar-refractivity contribution in [2.24, 2.45) is 0 Å². The molecule has 2 N–H and O–H groups in total. The zero-order chi connectivity index (χ0) is 9.84. The van der Waals surface area contributed by atoms with Crippen LogP contribution in [-0.2, 0) is 0 Å². The second-order valence-electron chi connectivity index (χ2n) is 2.74. The van der Waals surface area contributed by atoms with E-state index in [9.17, 15) is 0 Å². The van der Waals surface area contributed by atoms with Crippen LogP contribution in [0.15, 0.2) is 30.5 Å². The first-order valence-electron chi connectivity index (χ1n) is 4.61. The lowest BCUT2D eigenvalue weighted by Crippen LogP contribution is -2.04. The molecule has 13 heavy (non-hydrogen) atoms. The highest BCUT2D eigenvalue weighted by Crippen LogP contribution is 2.17. The Labute approximate surface area is 78.9 Å². The summed E-state index contributed by atoms with van der Waals surface area (Å²) in [4.78, 5) is 0. The minimum absolute atomic E-state index is 1.09. The quantitative estimate of drug-likeness (QED) is 0.615. The summed E-state index contributed by atoms with van der Waals surface area (Å²) in [5, 5.41) is 1.23. The zero-order valence-corrected chi connectivity index (χ0v) is 8.41. The predicted octanol–water partition coefficient (Wildman–Crippen LogP) is 2.69. The molecule has 0 aliphatic carbocycles. The highest BCUT2D eigenvalue weighted by molar-refractivity contribution is 5.83. The summed E-state index contributed by atoms with van der Waals surface area (Å²) in [6.45, 7) is 6.06. The van der Waals surface area contributed by atoms with Gasteiger partial charge in [0.15, 0.2) is 0 Å². The average molecular weight is 176 g/mol. The largest absolute Gasteiger partial charge is 0.339 e. The van der Waals surface area contributed by atoms with Crippen molar-refractivity contribution in [3.05, 3.63) is 36.0 Å². The normalized spacial score (nSPS) is 9.46. The van der Waals surface area contributed by atoms with Crippen LogP contribution in [0.4, 0.5) is 0 Å². The summed E-state index contributed by atoms with van der Waals surface area (Å²) in [6.07, 6.45) is 1.94. The van der Waals surface area contributed by atoms with Crippen molar-refractivity contribution < 1.29 is 0 Å². The van der Waals surface area contributed by atoms with Crippen molar-refractivity contribution in [2.75, 3.05) is 5.84 Å². The third-order valence-electron chi connectivity index (χ3n) is 1.94. The van der Waals surface area contributed by atoms with Crippen LogP contribution in [0.25, 0.3) is 10.9 Å². The maximum Gasteiger partial charge on any atom is 0.0692 e. The summed E-state index contributed by atoms with van der Waals surface area (Å²) in [5.74, 6) is 5.69. The fraction of sp³-hybridized carbons (Fsp3) is 0.273. The van der Waals surface area contributed by atoms with E-state index in [1.54, 1.807) is 4.68 Å². The Morgan fingerprint density at radius 2 is 1.77 bits per heavy atom. The van der Waals surface area contributed by atoms with Crippen molar-refractivity contribution in [3.63, 3.8) is 0 Å². The van der Waals surface area contributed by atoms with E-state index in [0.29, 0.717) is 0 Å². The average Bonchev–Trinajstić information content (AvgIpc) is 2.47. The summed E-state index contributed by atoms with van der Waals surface area (Å²) >= 11 is 0. The van der Waals surface area contributed by atoms with Gasteiger partial charge in [0, 0.05) is 11.6 Å². The molecule has 0 aliphatic heterocycles. The molecule has 2 aromatic rings. The van der Waals surface area contributed by atoms with Crippen LogP contribution < -0.4 is 5.84 Å². The molecule has 70 valence electrons. The van der Waals surface area contributed by atoms with Crippen LogP contribution in [0.3, 0.4) is 0 Å². The highest BCUT2D eigenvalue weighted by atomic mass is 15.3. The second kappa shape index (κ2) is 3.99. The van der Waals surface area contributed by atoms with Crippen LogP contribution in [0.5, 0.6) is 0 Å². The Balaban J connectivity index is 0.000000396. The first kappa shape index (κ1) is 9.65. The molecular weight excluding hydrogens is 160 g/mol. The molecule has 0 spiro atoms. The number of para-hydroxylation sites is 1. The van der Waals surface area contributed by atoms with Gasteiger partial charge in [0.2, 0.25) is 0 Å². The maximum atomic E-state index is 5.69. The van der Waals surface area contributed by atoms with E-state index < -0.39 is 0 Å². The van der Waals surface area contributed by atoms with Crippen molar-refractivity contribution in [3.8, 4) is 0 Å². The van der Waals surface area contributed by atoms with E-state index in [1.165, 1.54) is 10.9 Å².